The number of nitrogens with two attached hydrogens (primary N) is 1. The molecule has 0 saturated carbocycles. The van der Waals surface area contributed by atoms with E-state index < -0.39 is 0 Å². The van der Waals surface area contributed by atoms with Crippen molar-refractivity contribution >= 4 is 17.5 Å². The van der Waals surface area contributed by atoms with Crippen LogP contribution in [0, 0.1) is 6.33 Å². The number of nitrogens with zero attached hydrogens (tertiary/aromatic N) is 3. The van der Waals surface area contributed by atoms with Gasteiger partial charge in [-0.2, -0.15) is 0 Å². The summed E-state index contributed by atoms with van der Waals surface area (Å²) in [5.41, 5.74) is 5.08. The maximum Gasteiger partial charge on any atom is 3.00 e. The molecular formula is C3H2ClN4Y+2. The molecule has 1 aromatic heterocycles. The average molecular weight is 218 g/mol. The van der Waals surface area contributed by atoms with Crippen molar-refractivity contribution in [2.75, 3.05) is 5.73 Å². The minimum Gasteiger partial charge on any atom is -0.420 e. The Morgan fingerprint density at radius 2 is 2.11 bits per heavy atom. The predicted molar refractivity (Wildman–Crippen MR) is 28.1 cm³/mol. The fraction of sp³-hybridized carbons (Fsp3) is 0. The third-order valence-electron chi connectivity index (χ3n) is 0.514. The summed E-state index contributed by atoms with van der Waals surface area (Å²) in [4.78, 5) is 10.2. The number of nitrogen functional groups attached to an aromatic ring is 1. The predicted octanol–water partition coefficient (Wildman–Crippen LogP) is -0.0951. The first-order valence-electron chi connectivity index (χ1n) is 1.82. The smallest absolute Gasteiger partial charge is 0.420 e. The Balaban J connectivity index is 0.000000640. The maximum atomic E-state index is 5.27. The van der Waals surface area contributed by atoms with E-state index in [1.54, 1.807) is 0 Å². The van der Waals surface area contributed by atoms with Gasteiger partial charge in [0.05, 0.1) is 0 Å². The fourth-order valence-corrected chi connectivity index (χ4v) is 0.386. The standard InChI is InChI=1S/C3H2ClN4.Y/c4-2-6-1-7-3(5)8-2;/h(H2,5,6,7,8);/q-1;+3. The van der Waals surface area contributed by atoms with Gasteiger partial charge in [0, 0.05) is 6.33 Å². The molecule has 0 fully saturated rings. The van der Waals surface area contributed by atoms with Crippen LogP contribution in [0.25, 0.3) is 0 Å². The van der Waals surface area contributed by atoms with Crippen LogP contribution in [0.1, 0.15) is 0 Å². The van der Waals surface area contributed by atoms with Crippen molar-refractivity contribution in [3.63, 3.8) is 0 Å². The van der Waals surface area contributed by atoms with Gasteiger partial charge in [-0.05, 0) is 0 Å². The van der Waals surface area contributed by atoms with Gasteiger partial charge in [-0.1, -0.05) is 0 Å². The first-order chi connectivity index (χ1) is 3.79. The van der Waals surface area contributed by atoms with Gasteiger partial charge in [-0.3, -0.25) is 0 Å². The number of halogens is 1. The molecule has 0 spiro atoms. The summed E-state index contributed by atoms with van der Waals surface area (Å²) in [7, 11) is 0. The van der Waals surface area contributed by atoms with Crippen LogP contribution in [0.15, 0.2) is 0 Å². The summed E-state index contributed by atoms with van der Waals surface area (Å²) < 4.78 is 0. The number of aromatic nitrogens is 3. The molecule has 9 heavy (non-hydrogen) atoms. The van der Waals surface area contributed by atoms with Crippen molar-refractivity contribution in [2.45, 2.75) is 0 Å². The van der Waals surface area contributed by atoms with Crippen molar-refractivity contribution in [1.82, 2.24) is 15.0 Å². The number of anilines is 1. The van der Waals surface area contributed by atoms with Gasteiger partial charge in [-0.25, -0.2) is 0 Å². The average Bonchev–Trinajstić information content (AvgIpc) is 1.64. The van der Waals surface area contributed by atoms with E-state index in [1.165, 1.54) is 0 Å². The van der Waals surface area contributed by atoms with Gasteiger partial charge in [-0.15, -0.1) is 11.6 Å². The zero-order valence-electron chi connectivity index (χ0n) is 4.37. The molecule has 0 saturated heterocycles. The molecule has 0 amide bonds. The molecule has 0 bridgehead atoms. The van der Waals surface area contributed by atoms with E-state index in [9.17, 15) is 0 Å². The Bertz CT molecular complexity index is 176. The Morgan fingerprint density at radius 1 is 1.44 bits per heavy atom. The van der Waals surface area contributed by atoms with E-state index in [4.69, 9.17) is 17.3 Å². The van der Waals surface area contributed by atoms with Crippen molar-refractivity contribution in [3.05, 3.63) is 11.6 Å². The SMILES string of the molecule is Nc1n[c-]nc(Cl)n1.[Y+3]. The number of hydrogen-bond donors (Lipinski definition) is 1. The Labute approximate surface area is 82.1 Å². The molecule has 4 nitrogen and oxygen atoms in total. The van der Waals surface area contributed by atoms with Gasteiger partial charge in [0.1, 0.15) is 11.2 Å². The van der Waals surface area contributed by atoms with E-state index in [-0.39, 0.29) is 43.9 Å². The van der Waals surface area contributed by atoms with E-state index >= 15 is 0 Å². The van der Waals surface area contributed by atoms with Crippen LogP contribution in [0.2, 0.25) is 5.28 Å². The summed E-state index contributed by atoms with van der Waals surface area (Å²) in [5, 5.41) is 0.0671. The summed E-state index contributed by atoms with van der Waals surface area (Å²) in [6.07, 6.45) is 2.21. The maximum absolute atomic E-state index is 5.27. The molecule has 6 heteroatoms. The molecule has 0 radical (unpaired) electrons. The van der Waals surface area contributed by atoms with E-state index in [1.807, 2.05) is 0 Å². The molecule has 42 valence electrons. The Kier molecular flexibility index (Phi) is 4.18. The van der Waals surface area contributed by atoms with Gasteiger partial charge < -0.3 is 20.7 Å². The van der Waals surface area contributed by atoms with Crippen molar-refractivity contribution in [1.29, 1.82) is 0 Å². The summed E-state index contributed by atoms with van der Waals surface area (Å²) in [5.74, 6) is 0.0880. The van der Waals surface area contributed by atoms with Crippen molar-refractivity contribution in [3.8, 4) is 0 Å². The molecule has 2 N–H and O–H groups in total. The molecule has 1 heterocycles. The van der Waals surface area contributed by atoms with Gasteiger partial charge in [0.25, 0.3) is 0 Å². The van der Waals surface area contributed by atoms with Crippen molar-refractivity contribution in [2.24, 2.45) is 0 Å². The largest absolute Gasteiger partial charge is 3.00 e. The second-order valence-corrected chi connectivity index (χ2v) is 1.40. The van der Waals surface area contributed by atoms with Gasteiger partial charge in [0.2, 0.25) is 0 Å². The zero-order chi connectivity index (χ0) is 5.98. The molecular weight excluding hydrogens is 216 g/mol. The van der Waals surface area contributed by atoms with Crippen LogP contribution in [0.3, 0.4) is 0 Å². The molecule has 0 aliphatic heterocycles. The van der Waals surface area contributed by atoms with Crippen LogP contribution >= 0.6 is 11.6 Å². The molecule has 0 aromatic carbocycles. The molecule has 0 aliphatic carbocycles. The molecule has 0 atom stereocenters. The molecule has 0 unspecified atom stereocenters. The van der Waals surface area contributed by atoms with E-state index in [0.29, 0.717) is 0 Å². The van der Waals surface area contributed by atoms with E-state index in [0.717, 1.165) is 0 Å². The topological polar surface area (TPSA) is 64.7 Å². The van der Waals surface area contributed by atoms with Crippen LogP contribution in [0.4, 0.5) is 5.95 Å². The monoisotopic (exact) mass is 218 g/mol. The summed E-state index contributed by atoms with van der Waals surface area (Å²) in [6, 6.07) is 0. The second kappa shape index (κ2) is 4.09. The zero-order valence-corrected chi connectivity index (χ0v) is 7.97. The third kappa shape index (κ3) is 3.03. The van der Waals surface area contributed by atoms with Crippen LogP contribution in [-0.2, 0) is 32.7 Å². The van der Waals surface area contributed by atoms with Crippen LogP contribution in [0.5, 0.6) is 0 Å². The number of rotatable bonds is 0. The number of hydrogen-bond acceptors (Lipinski definition) is 4. The first kappa shape index (κ1) is 9.20. The third-order valence-corrected chi connectivity index (χ3v) is 0.683. The molecule has 1 rings (SSSR count). The summed E-state index contributed by atoms with van der Waals surface area (Å²) >= 11 is 5.27. The van der Waals surface area contributed by atoms with Gasteiger partial charge in [0.15, 0.2) is 0 Å². The Hall–Kier alpha value is 0.204. The van der Waals surface area contributed by atoms with Crippen molar-refractivity contribution < 1.29 is 32.7 Å². The molecule has 1 aromatic rings. The van der Waals surface area contributed by atoms with Crippen LogP contribution < -0.4 is 5.73 Å². The van der Waals surface area contributed by atoms with E-state index in [2.05, 4.69) is 21.3 Å². The molecule has 0 aliphatic rings. The second-order valence-electron chi connectivity index (χ2n) is 1.06. The van der Waals surface area contributed by atoms with Crippen LogP contribution in [-0.4, -0.2) is 15.0 Å². The fourth-order valence-electron chi connectivity index (χ4n) is 0.262. The minimum absolute atomic E-state index is 0. The van der Waals surface area contributed by atoms with Gasteiger partial charge >= 0.3 is 32.7 Å². The normalized spacial score (nSPS) is 8.11. The first-order valence-corrected chi connectivity index (χ1v) is 2.20. The quantitative estimate of drug-likeness (QED) is 0.618. The minimum atomic E-state index is 0. The Morgan fingerprint density at radius 3 is 2.44 bits per heavy atom. The summed E-state index contributed by atoms with van der Waals surface area (Å²) in [6.45, 7) is 0.